The molecule has 2 aromatic rings. The number of benzene rings is 1. The molecule has 2 rings (SSSR count). The summed E-state index contributed by atoms with van der Waals surface area (Å²) in [4.78, 5) is 27.4. The van der Waals surface area contributed by atoms with E-state index in [1.165, 1.54) is 0 Å². The van der Waals surface area contributed by atoms with E-state index in [-0.39, 0.29) is 11.7 Å². The van der Waals surface area contributed by atoms with E-state index in [9.17, 15) is 9.59 Å². The fourth-order valence-electron chi connectivity index (χ4n) is 1.72. The number of carbonyl (C=O) groups is 2. The second-order valence-corrected chi connectivity index (χ2v) is 6.15. The van der Waals surface area contributed by atoms with Gasteiger partial charge in [-0.2, -0.15) is 0 Å². The molecule has 1 aromatic heterocycles. The maximum atomic E-state index is 11.7. The summed E-state index contributed by atoms with van der Waals surface area (Å²) in [6.45, 7) is 4.69. The number of thioether (sulfide) groups is 1. The summed E-state index contributed by atoms with van der Waals surface area (Å²) in [6, 6.07) is 6.91. The van der Waals surface area contributed by atoms with Gasteiger partial charge in [-0.1, -0.05) is 37.7 Å². The SMILES string of the molecule is CC(C)CCNC(=O)NC(=O)CSc1nc2ccccc2o1. The van der Waals surface area contributed by atoms with E-state index in [1.807, 2.05) is 24.3 Å². The Morgan fingerprint density at radius 3 is 2.82 bits per heavy atom. The van der Waals surface area contributed by atoms with Crippen LogP contribution in [0.5, 0.6) is 0 Å². The molecule has 0 fully saturated rings. The van der Waals surface area contributed by atoms with Crippen molar-refractivity contribution in [2.45, 2.75) is 25.5 Å². The maximum Gasteiger partial charge on any atom is 0.321 e. The molecule has 7 heteroatoms. The third-order valence-corrected chi connectivity index (χ3v) is 3.69. The smallest absolute Gasteiger partial charge is 0.321 e. The van der Waals surface area contributed by atoms with E-state index in [0.29, 0.717) is 23.3 Å². The number of urea groups is 1. The highest BCUT2D eigenvalue weighted by Crippen LogP contribution is 2.22. The van der Waals surface area contributed by atoms with Crippen LogP contribution in [0.2, 0.25) is 0 Å². The molecule has 0 unspecified atom stereocenters. The third kappa shape index (κ3) is 5.07. The molecule has 0 aliphatic heterocycles. The van der Waals surface area contributed by atoms with Gasteiger partial charge in [0.1, 0.15) is 5.52 Å². The number of nitrogens with one attached hydrogen (secondary N) is 2. The molecule has 0 bridgehead atoms. The first kappa shape index (κ1) is 16.4. The Morgan fingerprint density at radius 2 is 2.09 bits per heavy atom. The van der Waals surface area contributed by atoms with Gasteiger partial charge >= 0.3 is 6.03 Å². The summed E-state index contributed by atoms with van der Waals surface area (Å²) >= 11 is 1.16. The molecular formula is C15H19N3O3S. The van der Waals surface area contributed by atoms with Crippen LogP contribution in [0.1, 0.15) is 20.3 Å². The van der Waals surface area contributed by atoms with Crippen molar-refractivity contribution in [3.63, 3.8) is 0 Å². The lowest BCUT2D eigenvalue weighted by atomic mass is 10.1. The maximum absolute atomic E-state index is 11.7. The van der Waals surface area contributed by atoms with E-state index in [2.05, 4.69) is 29.5 Å². The van der Waals surface area contributed by atoms with Crippen LogP contribution in [0.4, 0.5) is 4.79 Å². The van der Waals surface area contributed by atoms with Crippen LogP contribution < -0.4 is 10.6 Å². The Labute approximate surface area is 133 Å². The first-order chi connectivity index (χ1) is 10.5. The summed E-state index contributed by atoms with van der Waals surface area (Å²) in [5.41, 5.74) is 1.42. The number of rotatable bonds is 6. The predicted octanol–water partition coefficient (Wildman–Crippen LogP) is 2.79. The Kier molecular flexibility index (Phi) is 5.83. The number of carbonyl (C=O) groups excluding carboxylic acids is 2. The normalized spacial score (nSPS) is 10.9. The fraction of sp³-hybridized carbons (Fsp3) is 0.400. The van der Waals surface area contributed by atoms with Crippen molar-refractivity contribution in [3.05, 3.63) is 24.3 Å². The molecule has 2 N–H and O–H groups in total. The quantitative estimate of drug-likeness (QED) is 0.799. The number of amides is 3. The summed E-state index contributed by atoms with van der Waals surface area (Å²) in [6.07, 6.45) is 0.874. The number of aromatic nitrogens is 1. The van der Waals surface area contributed by atoms with Gasteiger partial charge in [0.25, 0.3) is 5.22 Å². The lowest BCUT2D eigenvalue weighted by molar-refractivity contribution is -0.117. The Hall–Kier alpha value is -2.02. The van der Waals surface area contributed by atoms with Gasteiger partial charge in [0, 0.05) is 6.54 Å². The number of nitrogens with zero attached hydrogens (tertiary/aromatic N) is 1. The van der Waals surface area contributed by atoms with Crippen LogP contribution >= 0.6 is 11.8 Å². The van der Waals surface area contributed by atoms with Gasteiger partial charge in [0.2, 0.25) is 5.91 Å². The molecule has 0 aliphatic carbocycles. The summed E-state index contributed by atoms with van der Waals surface area (Å²) < 4.78 is 5.49. The van der Waals surface area contributed by atoms with Gasteiger partial charge in [-0.05, 0) is 24.5 Å². The predicted molar refractivity (Wildman–Crippen MR) is 85.7 cm³/mol. The molecule has 0 saturated heterocycles. The zero-order chi connectivity index (χ0) is 15.9. The summed E-state index contributed by atoms with van der Waals surface area (Å²) in [5, 5.41) is 5.34. The number of oxazole rings is 1. The molecule has 0 saturated carbocycles. The molecule has 0 aliphatic rings. The average Bonchev–Trinajstić information content (AvgIpc) is 2.87. The molecular weight excluding hydrogens is 302 g/mol. The van der Waals surface area contributed by atoms with Crippen LogP contribution in [0.25, 0.3) is 11.1 Å². The van der Waals surface area contributed by atoms with Gasteiger partial charge in [0.05, 0.1) is 5.75 Å². The zero-order valence-electron chi connectivity index (χ0n) is 12.6. The van der Waals surface area contributed by atoms with E-state index in [4.69, 9.17) is 4.42 Å². The van der Waals surface area contributed by atoms with Gasteiger partial charge in [-0.3, -0.25) is 10.1 Å². The van der Waals surface area contributed by atoms with Gasteiger partial charge in [0.15, 0.2) is 5.58 Å². The Bertz CT molecular complexity index is 621. The standard InChI is InChI=1S/C15H19N3O3S/c1-10(2)7-8-16-14(20)18-13(19)9-22-15-17-11-5-3-4-6-12(11)21-15/h3-6,10H,7-9H2,1-2H3,(H2,16,18,19,20). The van der Waals surface area contributed by atoms with Crippen molar-refractivity contribution in [2.75, 3.05) is 12.3 Å². The van der Waals surface area contributed by atoms with Crippen molar-refractivity contribution < 1.29 is 14.0 Å². The van der Waals surface area contributed by atoms with Crippen molar-refractivity contribution >= 4 is 34.8 Å². The second kappa shape index (κ2) is 7.84. The minimum atomic E-state index is -0.469. The summed E-state index contributed by atoms with van der Waals surface area (Å²) in [7, 11) is 0. The lowest BCUT2D eigenvalue weighted by Gasteiger charge is -2.07. The first-order valence-electron chi connectivity index (χ1n) is 7.10. The van der Waals surface area contributed by atoms with Crippen molar-refractivity contribution in [2.24, 2.45) is 5.92 Å². The van der Waals surface area contributed by atoms with Crippen LogP contribution in [0.3, 0.4) is 0 Å². The van der Waals surface area contributed by atoms with Crippen LogP contribution in [-0.4, -0.2) is 29.2 Å². The van der Waals surface area contributed by atoms with Crippen LogP contribution in [0.15, 0.2) is 33.9 Å². The van der Waals surface area contributed by atoms with Crippen molar-refractivity contribution in [1.29, 1.82) is 0 Å². The van der Waals surface area contributed by atoms with E-state index in [0.717, 1.165) is 23.7 Å². The molecule has 0 radical (unpaired) electrons. The van der Waals surface area contributed by atoms with Gasteiger partial charge < -0.3 is 9.73 Å². The third-order valence-electron chi connectivity index (χ3n) is 2.86. The van der Waals surface area contributed by atoms with E-state index in [1.54, 1.807) is 0 Å². The van der Waals surface area contributed by atoms with Gasteiger partial charge in [-0.25, -0.2) is 9.78 Å². The summed E-state index contributed by atoms with van der Waals surface area (Å²) in [5.74, 6) is 0.199. The van der Waals surface area contributed by atoms with Crippen LogP contribution in [-0.2, 0) is 4.79 Å². The number of para-hydroxylation sites is 2. The number of imide groups is 1. The molecule has 0 spiro atoms. The van der Waals surface area contributed by atoms with Crippen molar-refractivity contribution in [1.82, 2.24) is 15.6 Å². The van der Waals surface area contributed by atoms with Crippen LogP contribution in [0, 0.1) is 5.92 Å². The first-order valence-corrected chi connectivity index (χ1v) is 8.09. The van der Waals surface area contributed by atoms with E-state index >= 15 is 0 Å². The largest absolute Gasteiger partial charge is 0.431 e. The molecule has 6 nitrogen and oxygen atoms in total. The highest BCUT2D eigenvalue weighted by Gasteiger charge is 2.11. The zero-order valence-corrected chi connectivity index (χ0v) is 13.4. The fourth-order valence-corrected chi connectivity index (χ4v) is 2.36. The molecule has 118 valence electrons. The Balaban J connectivity index is 1.74. The van der Waals surface area contributed by atoms with Crippen molar-refractivity contribution in [3.8, 4) is 0 Å². The molecule has 22 heavy (non-hydrogen) atoms. The topological polar surface area (TPSA) is 84.2 Å². The second-order valence-electron chi connectivity index (χ2n) is 5.22. The van der Waals surface area contributed by atoms with E-state index < -0.39 is 6.03 Å². The number of hydrogen-bond acceptors (Lipinski definition) is 5. The molecule has 3 amide bonds. The molecule has 1 heterocycles. The highest BCUT2D eigenvalue weighted by molar-refractivity contribution is 7.99. The minimum Gasteiger partial charge on any atom is -0.431 e. The van der Waals surface area contributed by atoms with Gasteiger partial charge in [-0.15, -0.1) is 0 Å². The highest BCUT2D eigenvalue weighted by atomic mass is 32.2. The Morgan fingerprint density at radius 1 is 1.32 bits per heavy atom. The number of fused-ring (bicyclic) bond motifs is 1. The molecule has 1 aromatic carbocycles. The average molecular weight is 321 g/mol. The molecule has 0 atom stereocenters. The minimum absolute atomic E-state index is 0.0738. The lowest BCUT2D eigenvalue weighted by Crippen LogP contribution is -2.40. The number of hydrogen-bond donors (Lipinski definition) is 2. The monoisotopic (exact) mass is 321 g/mol.